The summed E-state index contributed by atoms with van der Waals surface area (Å²) in [5.74, 6) is -0.269. The Morgan fingerprint density at radius 3 is 2.72 bits per heavy atom. The lowest BCUT2D eigenvalue weighted by molar-refractivity contribution is -0.384. The van der Waals surface area contributed by atoms with Crippen LogP contribution in [0.2, 0.25) is 0 Å². The number of hydrogen-bond acceptors (Lipinski definition) is 5. The Balaban J connectivity index is 1.53. The van der Waals surface area contributed by atoms with Gasteiger partial charge in [-0.3, -0.25) is 14.9 Å². The molecular formula is C21H21N5O3. The normalized spacial score (nSPS) is 13.1. The average Bonchev–Trinajstić information content (AvgIpc) is 3.42. The van der Waals surface area contributed by atoms with E-state index in [4.69, 9.17) is 0 Å². The standard InChI is InChI=1S/C21H21N5O3/c1-24(13-15-12-22-25(14-15)18-5-3-2-4-6-18)19-10-7-16(11-20(19)26(28)29)21(27)23-17-8-9-17/h2-7,10-12,14,17H,8-9,13H2,1H3,(H,23,27). The van der Waals surface area contributed by atoms with Gasteiger partial charge in [-0.05, 0) is 37.1 Å². The van der Waals surface area contributed by atoms with E-state index in [1.165, 1.54) is 6.07 Å². The highest BCUT2D eigenvalue weighted by atomic mass is 16.6. The number of benzene rings is 2. The smallest absolute Gasteiger partial charge is 0.293 e. The number of anilines is 1. The SMILES string of the molecule is CN(Cc1cnn(-c2ccccc2)c1)c1ccc(C(=O)NC2CC2)cc1[N+](=O)[O-]. The van der Waals surface area contributed by atoms with Gasteiger partial charge in [-0.15, -0.1) is 0 Å². The van der Waals surface area contributed by atoms with Gasteiger partial charge in [0.25, 0.3) is 11.6 Å². The molecule has 0 atom stereocenters. The fourth-order valence-corrected chi connectivity index (χ4v) is 3.15. The monoisotopic (exact) mass is 391 g/mol. The van der Waals surface area contributed by atoms with Gasteiger partial charge in [-0.2, -0.15) is 5.10 Å². The number of nitrogens with zero attached hydrogens (tertiary/aromatic N) is 4. The van der Waals surface area contributed by atoms with E-state index >= 15 is 0 Å². The number of aromatic nitrogens is 2. The first-order valence-electron chi connectivity index (χ1n) is 9.40. The lowest BCUT2D eigenvalue weighted by Gasteiger charge is -2.18. The Kier molecular flexibility index (Phi) is 4.99. The molecule has 8 nitrogen and oxygen atoms in total. The molecule has 0 aliphatic heterocycles. The molecule has 0 radical (unpaired) electrons. The third-order valence-corrected chi connectivity index (χ3v) is 4.83. The highest BCUT2D eigenvalue weighted by Gasteiger charge is 2.26. The number of nitro groups is 1. The van der Waals surface area contributed by atoms with Crippen molar-refractivity contribution >= 4 is 17.3 Å². The molecule has 1 amide bonds. The molecule has 29 heavy (non-hydrogen) atoms. The zero-order valence-corrected chi connectivity index (χ0v) is 16.0. The first-order chi connectivity index (χ1) is 14.0. The molecule has 3 aromatic rings. The van der Waals surface area contributed by atoms with E-state index in [0.29, 0.717) is 17.8 Å². The van der Waals surface area contributed by atoms with Crippen molar-refractivity contribution in [2.24, 2.45) is 0 Å². The number of amides is 1. The van der Waals surface area contributed by atoms with E-state index in [9.17, 15) is 14.9 Å². The van der Waals surface area contributed by atoms with Crippen LogP contribution in [0, 0.1) is 10.1 Å². The van der Waals surface area contributed by atoms with E-state index < -0.39 is 4.92 Å². The van der Waals surface area contributed by atoms with Crippen molar-refractivity contribution in [2.75, 3.05) is 11.9 Å². The van der Waals surface area contributed by atoms with Gasteiger partial charge in [0, 0.05) is 43.0 Å². The fraction of sp³-hybridized carbons (Fsp3) is 0.238. The van der Waals surface area contributed by atoms with Crippen molar-refractivity contribution < 1.29 is 9.72 Å². The Hall–Kier alpha value is -3.68. The molecule has 1 fully saturated rings. The van der Waals surface area contributed by atoms with E-state index in [1.807, 2.05) is 36.5 Å². The molecule has 4 rings (SSSR count). The minimum atomic E-state index is -0.451. The number of carbonyl (C=O) groups excluding carboxylic acids is 1. The van der Waals surface area contributed by atoms with Crippen LogP contribution in [0.3, 0.4) is 0 Å². The topological polar surface area (TPSA) is 93.3 Å². The summed E-state index contributed by atoms with van der Waals surface area (Å²) in [4.78, 5) is 25.2. The van der Waals surface area contributed by atoms with Crippen LogP contribution in [0.5, 0.6) is 0 Å². The fourth-order valence-electron chi connectivity index (χ4n) is 3.15. The lowest BCUT2D eigenvalue weighted by atomic mass is 10.1. The minimum Gasteiger partial charge on any atom is -0.365 e. The molecule has 1 aliphatic rings. The highest BCUT2D eigenvalue weighted by molar-refractivity contribution is 5.96. The van der Waals surface area contributed by atoms with Gasteiger partial charge < -0.3 is 10.2 Å². The summed E-state index contributed by atoms with van der Waals surface area (Å²) in [6.07, 6.45) is 5.57. The minimum absolute atomic E-state index is 0.0913. The maximum absolute atomic E-state index is 12.2. The molecule has 1 saturated carbocycles. The van der Waals surface area contributed by atoms with Crippen molar-refractivity contribution in [1.82, 2.24) is 15.1 Å². The summed E-state index contributed by atoms with van der Waals surface area (Å²) in [5.41, 5.74) is 2.52. The zero-order valence-electron chi connectivity index (χ0n) is 16.0. The summed E-state index contributed by atoms with van der Waals surface area (Å²) in [5, 5.41) is 18.8. The van der Waals surface area contributed by atoms with Crippen LogP contribution in [0.15, 0.2) is 60.9 Å². The van der Waals surface area contributed by atoms with E-state index in [1.54, 1.807) is 35.0 Å². The average molecular weight is 391 g/mol. The molecule has 0 saturated heterocycles. The molecule has 1 aliphatic carbocycles. The molecular weight excluding hydrogens is 370 g/mol. The third-order valence-electron chi connectivity index (χ3n) is 4.83. The number of hydrogen-bond donors (Lipinski definition) is 1. The molecule has 148 valence electrons. The molecule has 1 aromatic heterocycles. The summed E-state index contributed by atoms with van der Waals surface area (Å²) in [6.45, 7) is 0.446. The van der Waals surface area contributed by atoms with Crippen LogP contribution in [0.1, 0.15) is 28.8 Å². The zero-order chi connectivity index (χ0) is 20.4. The predicted octanol–water partition coefficient (Wildman–Crippen LogP) is 3.31. The van der Waals surface area contributed by atoms with Crippen LogP contribution in [0.25, 0.3) is 5.69 Å². The van der Waals surface area contributed by atoms with Gasteiger partial charge >= 0.3 is 0 Å². The van der Waals surface area contributed by atoms with Crippen LogP contribution in [-0.4, -0.2) is 33.7 Å². The van der Waals surface area contributed by atoms with Crippen LogP contribution in [-0.2, 0) is 6.54 Å². The van der Waals surface area contributed by atoms with Crippen LogP contribution in [0.4, 0.5) is 11.4 Å². The van der Waals surface area contributed by atoms with Crippen LogP contribution < -0.4 is 10.2 Å². The van der Waals surface area contributed by atoms with Crippen LogP contribution >= 0.6 is 0 Å². The Labute approximate surface area is 167 Å². The largest absolute Gasteiger partial charge is 0.365 e. The van der Waals surface area contributed by atoms with Gasteiger partial charge in [-0.25, -0.2) is 4.68 Å². The molecule has 0 spiro atoms. The Morgan fingerprint density at radius 2 is 2.03 bits per heavy atom. The number of rotatable bonds is 7. The Morgan fingerprint density at radius 1 is 1.28 bits per heavy atom. The molecule has 2 aromatic carbocycles. The quantitative estimate of drug-likeness (QED) is 0.493. The van der Waals surface area contributed by atoms with Crippen molar-refractivity contribution in [3.05, 3.63) is 82.2 Å². The van der Waals surface area contributed by atoms with Crippen molar-refractivity contribution in [2.45, 2.75) is 25.4 Å². The summed E-state index contributed by atoms with van der Waals surface area (Å²) < 4.78 is 1.77. The second kappa shape index (κ2) is 7.75. The predicted molar refractivity (Wildman–Crippen MR) is 109 cm³/mol. The summed E-state index contributed by atoms with van der Waals surface area (Å²) in [7, 11) is 1.78. The van der Waals surface area contributed by atoms with Gasteiger partial charge in [0.05, 0.1) is 16.8 Å². The molecule has 1 heterocycles. The van der Waals surface area contributed by atoms with Gasteiger partial charge in [0.15, 0.2) is 0 Å². The molecule has 0 bridgehead atoms. The maximum Gasteiger partial charge on any atom is 0.293 e. The molecule has 0 unspecified atom stereocenters. The Bertz CT molecular complexity index is 1040. The van der Waals surface area contributed by atoms with Gasteiger partial charge in [0.1, 0.15) is 5.69 Å². The molecule has 8 heteroatoms. The number of nitro benzene ring substituents is 1. The second-order valence-corrected chi connectivity index (χ2v) is 7.19. The lowest BCUT2D eigenvalue weighted by Crippen LogP contribution is -2.25. The van der Waals surface area contributed by atoms with E-state index in [2.05, 4.69) is 10.4 Å². The van der Waals surface area contributed by atoms with Crippen molar-refractivity contribution in [3.63, 3.8) is 0 Å². The maximum atomic E-state index is 12.2. The van der Waals surface area contributed by atoms with Crippen molar-refractivity contribution in [1.29, 1.82) is 0 Å². The number of carbonyl (C=O) groups is 1. The first-order valence-corrected chi connectivity index (χ1v) is 9.40. The van der Waals surface area contributed by atoms with Crippen molar-refractivity contribution in [3.8, 4) is 5.69 Å². The molecule has 1 N–H and O–H groups in total. The van der Waals surface area contributed by atoms with Gasteiger partial charge in [-0.1, -0.05) is 18.2 Å². The summed E-state index contributed by atoms with van der Waals surface area (Å²) >= 11 is 0. The first kappa shape index (κ1) is 18.7. The summed E-state index contributed by atoms with van der Waals surface area (Å²) in [6, 6.07) is 14.5. The third kappa shape index (κ3) is 4.26. The van der Waals surface area contributed by atoms with E-state index in [-0.39, 0.29) is 17.6 Å². The number of nitrogens with one attached hydrogen (secondary N) is 1. The van der Waals surface area contributed by atoms with E-state index in [0.717, 1.165) is 24.1 Å². The second-order valence-electron chi connectivity index (χ2n) is 7.19. The van der Waals surface area contributed by atoms with Gasteiger partial charge in [0.2, 0.25) is 0 Å². The number of para-hydroxylation sites is 1. The highest BCUT2D eigenvalue weighted by Crippen LogP contribution is 2.30.